The molecule has 0 saturated carbocycles. The maximum atomic E-state index is 12.4. The van der Waals surface area contributed by atoms with Gasteiger partial charge in [0.1, 0.15) is 4.90 Å². The maximum Gasteiger partial charge on any atom is 0.243 e. The Kier molecular flexibility index (Phi) is 4.72. The summed E-state index contributed by atoms with van der Waals surface area (Å²) in [5.41, 5.74) is 6.85. The molecule has 1 unspecified atom stereocenters. The molecule has 1 aromatic heterocycles. The molecule has 0 amide bonds. The Morgan fingerprint density at radius 3 is 2.57 bits per heavy atom. The van der Waals surface area contributed by atoms with E-state index in [1.165, 1.54) is 17.4 Å². The third-order valence-corrected chi connectivity index (χ3v) is 6.29. The summed E-state index contributed by atoms with van der Waals surface area (Å²) >= 11 is 4.75. The molecule has 0 aliphatic heterocycles. The smallest absolute Gasteiger partial charge is 0.243 e. The Labute approximate surface area is 136 Å². The number of benzene rings is 1. The van der Waals surface area contributed by atoms with E-state index in [2.05, 4.69) is 25.6 Å². The molecule has 8 heteroatoms. The quantitative estimate of drug-likeness (QED) is 0.786. The molecule has 21 heavy (non-hydrogen) atoms. The maximum absolute atomic E-state index is 12.4. The highest BCUT2D eigenvalue weighted by Crippen LogP contribution is 2.28. The van der Waals surface area contributed by atoms with Crippen molar-refractivity contribution in [2.24, 2.45) is 0 Å². The third kappa shape index (κ3) is 3.63. The zero-order valence-corrected chi connectivity index (χ0v) is 15.1. The van der Waals surface area contributed by atoms with E-state index in [1.807, 2.05) is 13.8 Å². The number of nitrogens with zero attached hydrogens (tertiary/aromatic N) is 1. The first-order valence-corrected chi connectivity index (χ1v) is 9.31. The Bertz CT molecular complexity index is 772. The van der Waals surface area contributed by atoms with Crippen LogP contribution in [-0.2, 0) is 10.0 Å². The fourth-order valence-corrected chi connectivity index (χ4v) is 4.77. The summed E-state index contributed by atoms with van der Waals surface area (Å²) in [7, 11) is -3.68. The molecule has 0 aliphatic carbocycles. The van der Waals surface area contributed by atoms with Crippen LogP contribution in [0, 0.1) is 13.8 Å². The second-order valence-electron chi connectivity index (χ2n) is 4.71. The topological polar surface area (TPSA) is 85.1 Å². The fraction of sp³-hybridized carbons (Fsp3) is 0.308. The number of aryl methyl sites for hydroxylation is 2. The summed E-state index contributed by atoms with van der Waals surface area (Å²) in [5, 5.41) is 0.914. The van der Waals surface area contributed by atoms with Gasteiger partial charge in [0.15, 0.2) is 0 Å². The number of rotatable bonds is 4. The van der Waals surface area contributed by atoms with Crippen molar-refractivity contribution in [2.75, 3.05) is 5.73 Å². The van der Waals surface area contributed by atoms with Crippen LogP contribution in [0.3, 0.4) is 0 Å². The molecule has 1 atom stereocenters. The highest BCUT2D eigenvalue weighted by molar-refractivity contribution is 9.10. The van der Waals surface area contributed by atoms with Crippen molar-refractivity contribution in [1.29, 1.82) is 0 Å². The summed E-state index contributed by atoms with van der Waals surface area (Å²) in [6.45, 7) is 5.57. The number of nitrogens with two attached hydrogens (primary N) is 1. The predicted molar refractivity (Wildman–Crippen MR) is 88.9 cm³/mol. The summed E-state index contributed by atoms with van der Waals surface area (Å²) in [5.74, 6) is 0. The van der Waals surface area contributed by atoms with Crippen LogP contribution in [0.15, 0.2) is 27.6 Å². The van der Waals surface area contributed by atoms with E-state index in [0.717, 1.165) is 20.1 Å². The summed E-state index contributed by atoms with van der Waals surface area (Å²) in [6.07, 6.45) is 0. The van der Waals surface area contributed by atoms with Crippen molar-refractivity contribution in [2.45, 2.75) is 31.7 Å². The molecule has 2 rings (SSSR count). The molecular weight excluding hydrogens is 374 g/mol. The highest BCUT2D eigenvalue weighted by atomic mass is 79.9. The van der Waals surface area contributed by atoms with Gasteiger partial charge in [0.05, 0.1) is 22.4 Å². The second-order valence-corrected chi connectivity index (χ2v) is 8.54. The van der Waals surface area contributed by atoms with Gasteiger partial charge >= 0.3 is 0 Å². The minimum atomic E-state index is -3.68. The second kappa shape index (κ2) is 6.04. The number of thiazole rings is 1. The molecule has 0 bridgehead atoms. The first kappa shape index (κ1) is 16.4. The molecule has 1 aromatic carbocycles. The first-order chi connectivity index (χ1) is 9.70. The van der Waals surface area contributed by atoms with Crippen LogP contribution in [0.2, 0.25) is 0 Å². The number of aromatic nitrogens is 1. The van der Waals surface area contributed by atoms with E-state index in [1.54, 1.807) is 19.1 Å². The summed E-state index contributed by atoms with van der Waals surface area (Å²) < 4.78 is 28.3. The highest BCUT2D eigenvalue weighted by Gasteiger charge is 2.23. The Morgan fingerprint density at radius 2 is 2.05 bits per heavy atom. The van der Waals surface area contributed by atoms with Crippen molar-refractivity contribution in [1.82, 2.24) is 9.71 Å². The Hall–Kier alpha value is -0.960. The zero-order valence-electron chi connectivity index (χ0n) is 11.8. The van der Waals surface area contributed by atoms with Gasteiger partial charge in [-0.3, -0.25) is 0 Å². The molecule has 2 aromatic rings. The van der Waals surface area contributed by atoms with Crippen molar-refractivity contribution in [3.63, 3.8) is 0 Å². The number of nitrogen functional groups attached to an aromatic ring is 1. The number of hydrogen-bond donors (Lipinski definition) is 2. The van der Waals surface area contributed by atoms with Gasteiger partial charge in [-0.2, -0.15) is 0 Å². The van der Waals surface area contributed by atoms with Crippen LogP contribution in [0.5, 0.6) is 0 Å². The SMILES string of the molecule is Cc1nc(C)c(C(C)NS(=O)(=O)c2ccc(Br)cc2N)s1. The van der Waals surface area contributed by atoms with Crippen LogP contribution >= 0.6 is 27.3 Å². The van der Waals surface area contributed by atoms with Crippen LogP contribution in [0.25, 0.3) is 0 Å². The van der Waals surface area contributed by atoms with Crippen LogP contribution in [0.4, 0.5) is 5.69 Å². The number of hydrogen-bond acceptors (Lipinski definition) is 5. The van der Waals surface area contributed by atoms with Gasteiger partial charge in [0, 0.05) is 9.35 Å². The lowest BCUT2D eigenvalue weighted by molar-refractivity contribution is 0.568. The van der Waals surface area contributed by atoms with Gasteiger partial charge in [-0.15, -0.1) is 11.3 Å². The van der Waals surface area contributed by atoms with E-state index < -0.39 is 10.0 Å². The van der Waals surface area contributed by atoms with Gasteiger partial charge in [0.2, 0.25) is 10.0 Å². The molecule has 0 radical (unpaired) electrons. The van der Waals surface area contributed by atoms with E-state index in [4.69, 9.17) is 5.73 Å². The van der Waals surface area contributed by atoms with Crippen molar-refractivity contribution >= 4 is 43.0 Å². The van der Waals surface area contributed by atoms with Gasteiger partial charge in [-0.25, -0.2) is 18.1 Å². The lowest BCUT2D eigenvalue weighted by Crippen LogP contribution is -2.27. The Balaban J connectivity index is 2.31. The third-order valence-electron chi connectivity index (χ3n) is 2.93. The van der Waals surface area contributed by atoms with Crippen LogP contribution in [0.1, 0.15) is 28.5 Å². The van der Waals surface area contributed by atoms with E-state index in [0.29, 0.717) is 0 Å². The molecule has 114 valence electrons. The average molecular weight is 390 g/mol. The first-order valence-electron chi connectivity index (χ1n) is 6.22. The van der Waals surface area contributed by atoms with Gasteiger partial charge in [-0.05, 0) is 39.0 Å². The lowest BCUT2D eigenvalue weighted by Gasteiger charge is -2.14. The monoisotopic (exact) mass is 389 g/mol. The minimum Gasteiger partial charge on any atom is -0.398 e. The van der Waals surface area contributed by atoms with Crippen molar-refractivity contribution < 1.29 is 8.42 Å². The molecule has 0 fully saturated rings. The molecule has 3 N–H and O–H groups in total. The lowest BCUT2D eigenvalue weighted by atomic mass is 10.2. The molecule has 5 nitrogen and oxygen atoms in total. The molecule has 0 aliphatic rings. The molecule has 1 heterocycles. The number of nitrogens with one attached hydrogen (secondary N) is 1. The van der Waals surface area contributed by atoms with E-state index >= 15 is 0 Å². The molecular formula is C13H16BrN3O2S2. The van der Waals surface area contributed by atoms with Crippen LogP contribution in [-0.4, -0.2) is 13.4 Å². The summed E-state index contributed by atoms with van der Waals surface area (Å²) in [4.78, 5) is 5.31. The largest absolute Gasteiger partial charge is 0.398 e. The Morgan fingerprint density at radius 1 is 1.38 bits per heavy atom. The summed E-state index contributed by atoms with van der Waals surface area (Å²) in [6, 6.07) is 4.35. The normalized spacial score (nSPS) is 13.3. The minimum absolute atomic E-state index is 0.0800. The number of halogens is 1. The van der Waals surface area contributed by atoms with Crippen molar-refractivity contribution in [3.8, 4) is 0 Å². The molecule has 0 saturated heterocycles. The van der Waals surface area contributed by atoms with Gasteiger partial charge in [0.25, 0.3) is 0 Å². The number of sulfonamides is 1. The predicted octanol–water partition coefficient (Wildman–Crippen LogP) is 3.14. The zero-order chi connectivity index (χ0) is 15.8. The number of anilines is 1. The fourth-order valence-electron chi connectivity index (χ4n) is 2.06. The average Bonchev–Trinajstić information content (AvgIpc) is 2.67. The van der Waals surface area contributed by atoms with Crippen LogP contribution < -0.4 is 10.5 Å². The van der Waals surface area contributed by atoms with Gasteiger partial charge < -0.3 is 5.73 Å². The van der Waals surface area contributed by atoms with E-state index in [-0.39, 0.29) is 16.6 Å². The van der Waals surface area contributed by atoms with Gasteiger partial charge in [-0.1, -0.05) is 15.9 Å². The van der Waals surface area contributed by atoms with Crippen molar-refractivity contribution in [3.05, 3.63) is 38.3 Å². The molecule has 0 spiro atoms. The van der Waals surface area contributed by atoms with E-state index in [9.17, 15) is 8.42 Å². The standard InChI is InChI=1S/C13H16BrN3O2S2/c1-7-13(20-9(3)16-7)8(2)17-21(18,19)12-5-4-10(14)6-11(12)15/h4-6,8,17H,15H2,1-3H3.